The smallest absolute Gasteiger partial charge is 0.0784 e. The molecule has 1 rings (SSSR count). The van der Waals surface area contributed by atoms with E-state index in [4.69, 9.17) is 29.6 Å². The Morgan fingerprint density at radius 3 is 2.68 bits per heavy atom. The van der Waals surface area contributed by atoms with Gasteiger partial charge in [0, 0.05) is 17.0 Å². The van der Waals surface area contributed by atoms with E-state index in [2.05, 4.69) is 31.9 Å². The average molecular weight is 299 g/mol. The lowest BCUT2D eigenvalue weighted by Crippen LogP contribution is -2.30. The van der Waals surface area contributed by atoms with Gasteiger partial charge in [0.15, 0.2) is 0 Å². The SMILES string of the molecule is CN(CCCC(C)(C)C(N)=S)Cc1cccc(Cl)c1. The van der Waals surface area contributed by atoms with Crippen LogP contribution in [-0.2, 0) is 6.54 Å². The third kappa shape index (κ3) is 5.89. The molecule has 19 heavy (non-hydrogen) atoms. The predicted octanol–water partition coefficient (Wildman–Crippen LogP) is 3.86. The van der Waals surface area contributed by atoms with E-state index in [0.717, 1.165) is 31.0 Å². The Hall–Kier alpha value is -0.640. The number of halogens is 1. The first-order valence-electron chi connectivity index (χ1n) is 6.54. The average Bonchev–Trinajstić information content (AvgIpc) is 2.28. The van der Waals surface area contributed by atoms with E-state index in [1.54, 1.807) is 0 Å². The minimum Gasteiger partial charge on any atom is -0.393 e. The van der Waals surface area contributed by atoms with E-state index < -0.39 is 0 Å². The molecule has 0 saturated carbocycles. The molecule has 1 aromatic carbocycles. The van der Waals surface area contributed by atoms with E-state index in [1.807, 2.05) is 18.2 Å². The first-order chi connectivity index (χ1) is 8.81. The number of benzene rings is 1. The van der Waals surface area contributed by atoms with Crippen LogP contribution in [0.2, 0.25) is 5.02 Å². The summed E-state index contributed by atoms with van der Waals surface area (Å²) in [6, 6.07) is 8.00. The molecule has 0 bridgehead atoms. The molecule has 0 aromatic heterocycles. The molecule has 2 nitrogen and oxygen atoms in total. The number of hydrogen-bond acceptors (Lipinski definition) is 2. The summed E-state index contributed by atoms with van der Waals surface area (Å²) >= 11 is 11.1. The summed E-state index contributed by atoms with van der Waals surface area (Å²) in [5.41, 5.74) is 6.92. The molecule has 0 fully saturated rings. The van der Waals surface area contributed by atoms with Crippen LogP contribution < -0.4 is 5.73 Å². The zero-order valence-electron chi connectivity index (χ0n) is 11.9. The maximum atomic E-state index is 5.98. The van der Waals surface area contributed by atoms with Crippen molar-refractivity contribution in [3.05, 3.63) is 34.9 Å². The van der Waals surface area contributed by atoms with Gasteiger partial charge in [-0.2, -0.15) is 0 Å². The molecular weight excluding hydrogens is 276 g/mol. The van der Waals surface area contributed by atoms with Gasteiger partial charge in [-0.15, -0.1) is 0 Å². The minimum atomic E-state index is -0.0494. The Morgan fingerprint density at radius 2 is 2.11 bits per heavy atom. The summed E-state index contributed by atoms with van der Waals surface area (Å²) < 4.78 is 0. The maximum absolute atomic E-state index is 5.98. The molecule has 4 heteroatoms. The van der Waals surface area contributed by atoms with Crippen molar-refractivity contribution in [1.29, 1.82) is 0 Å². The first-order valence-corrected chi connectivity index (χ1v) is 7.33. The second kappa shape index (κ2) is 7.22. The monoisotopic (exact) mass is 298 g/mol. The topological polar surface area (TPSA) is 29.3 Å². The third-order valence-corrected chi connectivity index (χ3v) is 4.14. The van der Waals surface area contributed by atoms with Crippen molar-refractivity contribution < 1.29 is 0 Å². The predicted molar refractivity (Wildman–Crippen MR) is 87.6 cm³/mol. The fourth-order valence-corrected chi connectivity index (χ4v) is 2.26. The molecule has 0 amide bonds. The van der Waals surface area contributed by atoms with Crippen molar-refractivity contribution in [2.24, 2.45) is 11.1 Å². The summed E-state index contributed by atoms with van der Waals surface area (Å²) in [6.45, 7) is 6.14. The van der Waals surface area contributed by atoms with Crippen LogP contribution >= 0.6 is 23.8 Å². The van der Waals surface area contributed by atoms with E-state index in [9.17, 15) is 0 Å². The van der Waals surface area contributed by atoms with Crippen LogP contribution in [0.25, 0.3) is 0 Å². The number of nitrogens with zero attached hydrogens (tertiary/aromatic N) is 1. The fraction of sp³-hybridized carbons (Fsp3) is 0.533. The van der Waals surface area contributed by atoms with Gasteiger partial charge in [0.05, 0.1) is 4.99 Å². The molecule has 2 N–H and O–H groups in total. The highest BCUT2D eigenvalue weighted by Crippen LogP contribution is 2.22. The van der Waals surface area contributed by atoms with Crippen LogP contribution in [0.4, 0.5) is 0 Å². The lowest BCUT2D eigenvalue weighted by atomic mass is 9.88. The number of nitrogens with two attached hydrogens (primary N) is 1. The van der Waals surface area contributed by atoms with E-state index in [1.165, 1.54) is 5.56 Å². The van der Waals surface area contributed by atoms with Gasteiger partial charge in [-0.25, -0.2) is 0 Å². The summed E-state index contributed by atoms with van der Waals surface area (Å²) in [5, 5.41) is 0.792. The molecule has 0 unspecified atom stereocenters. The normalized spacial score (nSPS) is 11.8. The molecule has 0 atom stereocenters. The number of rotatable bonds is 7. The lowest BCUT2D eigenvalue weighted by Gasteiger charge is -2.24. The summed E-state index contributed by atoms with van der Waals surface area (Å²) in [4.78, 5) is 2.89. The Labute approximate surface area is 126 Å². The molecule has 0 aliphatic heterocycles. The van der Waals surface area contributed by atoms with Crippen LogP contribution in [0, 0.1) is 5.41 Å². The van der Waals surface area contributed by atoms with Gasteiger partial charge in [-0.05, 0) is 44.1 Å². The molecule has 106 valence electrons. The molecule has 1 aromatic rings. The highest BCUT2D eigenvalue weighted by atomic mass is 35.5. The van der Waals surface area contributed by atoms with Crippen LogP contribution in [-0.4, -0.2) is 23.5 Å². The van der Waals surface area contributed by atoms with Gasteiger partial charge in [0.2, 0.25) is 0 Å². The molecule has 0 spiro atoms. The zero-order chi connectivity index (χ0) is 14.5. The largest absolute Gasteiger partial charge is 0.393 e. The molecule has 0 aliphatic carbocycles. The Bertz CT molecular complexity index is 432. The Kier molecular flexibility index (Phi) is 6.24. The maximum Gasteiger partial charge on any atom is 0.0784 e. The van der Waals surface area contributed by atoms with Gasteiger partial charge in [0.25, 0.3) is 0 Å². The number of thiocarbonyl (C=S) groups is 1. The van der Waals surface area contributed by atoms with Gasteiger partial charge < -0.3 is 10.6 Å². The van der Waals surface area contributed by atoms with Crippen LogP contribution in [0.5, 0.6) is 0 Å². The van der Waals surface area contributed by atoms with Crippen molar-refractivity contribution in [2.45, 2.75) is 33.2 Å². The van der Waals surface area contributed by atoms with Gasteiger partial charge >= 0.3 is 0 Å². The van der Waals surface area contributed by atoms with Crippen molar-refractivity contribution in [3.63, 3.8) is 0 Å². The molecule has 0 saturated heterocycles. The van der Waals surface area contributed by atoms with Gasteiger partial charge in [-0.1, -0.05) is 49.8 Å². The summed E-state index contributed by atoms with van der Waals surface area (Å²) in [6.07, 6.45) is 2.10. The molecule has 0 radical (unpaired) electrons. The Morgan fingerprint density at radius 1 is 1.42 bits per heavy atom. The van der Waals surface area contributed by atoms with Crippen LogP contribution in [0.1, 0.15) is 32.3 Å². The zero-order valence-corrected chi connectivity index (χ0v) is 13.5. The second-order valence-corrected chi connectivity index (χ2v) is 6.60. The van der Waals surface area contributed by atoms with E-state index in [-0.39, 0.29) is 5.41 Å². The minimum absolute atomic E-state index is 0.0494. The van der Waals surface area contributed by atoms with Crippen LogP contribution in [0.15, 0.2) is 24.3 Å². The molecule has 0 aliphatic rings. The summed E-state index contributed by atoms with van der Waals surface area (Å²) in [5.74, 6) is 0. The standard InChI is InChI=1S/C15H23ClN2S/c1-15(2,14(17)19)8-5-9-18(3)11-12-6-4-7-13(16)10-12/h4,6-7,10H,5,8-9,11H2,1-3H3,(H2,17,19). The van der Waals surface area contributed by atoms with Crippen molar-refractivity contribution in [3.8, 4) is 0 Å². The van der Waals surface area contributed by atoms with E-state index in [0.29, 0.717) is 4.99 Å². The third-order valence-electron chi connectivity index (χ3n) is 3.35. The lowest BCUT2D eigenvalue weighted by molar-refractivity contribution is 0.301. The van der Waals surface area contributed by atoms with Gasteiger partial charge in [-0.3, -0.25) is 0 Å². The molecule has 0 heterocycles. The molecular formula is C15H23ClN2S. The number of hydrogen-bond donors (Lipinski definition) is 1. The highest BCUT2D eigenvalue weighted by molar-refractivity contribution is 7.80. The van der Waals surface area contributed by atoms with Crippen LogP contribution in [0.3, 0.4) is 0 Å². The first kappa shape index (κ1) is 16.4. The van der Waals surface area contributed by atoms with Crippen molar-refractivity contribution in [1.82, 2.24) is 4.90 Å². The summed E-state index contributed by atoms with van der Waals surface area (Å²) in [7, 11) is 2.12. The van der Waals surface area contributed by atoms with Crippen molar-refractivity contribution >= 4 is 28.8 Å². The second-order valence-electron chi connectivity index (χ2n) is 5.72. The quantitative estimate of drug-likeness (QED) is 0.775. The van der Waals surface area contributed by atoms with Gasteiger partial charge in [0.1, 0.15) is 0 Å². The van der Waals surface area contributed by atoms with E-state index >= 15 is 0 Å². The highest BCUT2D eigenvalue weighted by Gasteiger charge is 2.20. The van der Waals surface area contributed by atoms with Crippen molar-refractivity contribution in [2.75, 3.05) is 13.6 Å². The Balaban J connectivity index is 2.36. The fourth-order valence-electron chi connectivity index (χ4n) is 1.94.